The number of unbranched alkanes of at least 4 members (excludes halogenated alkanes) is 2. The molecule has 14 rings (SSSR count). The highest BCUT2D eigenvalue weighted by atomic mass is 15.2. The number of anilines is 5. The van der Waals surface area contributed by atoms with E-state index in [1.165, 1.54) is 139 Å². The van der Waals surface area contributed by atoms with Gasteiger partial charge in [0, 0.05) is 55.9 Å². The summed E-state index contributed by atoms with van der Waals surface area (Å²) in [7, 11) is 0. The molecule has 0 radical (unpaired) electrons. The lowest BCUT2D eigenvalue weighted by Gasteiger charge is -2.44. The molecule has 0 saturated heterocycles. The summed E-state index contributed by atoms with van der Waals surface area (Å²) in [6.07, 6.45) is 6.50. The number of fused-ring (bicyclic) bond motifs is 7. The van der Waals surface area contributed by atoms with E-state index in [1.807, 2.05) is 0 Å². The molecule has 422 valence electrons. The van der Waals surface area contributed by atoms with Gasteiger partial charge in [-0.3, -0.25) is 0 Å². The average Bonchev–Trinajstić information content (AvgIpc) is 0.798. The molecular weight excluding hydrogens is 1040 g/mol. The van der Waals surface area contributed by atoms with Crippen LogP contribution in [0, 0.1) is 0 Å². The molecule has 0 saturated carbocycles. The Morgan fingerprint density at radius 3 is 1.45 bits per heavy atom. The van der Waals surface area contributed by atoms with Crippen molar-refractivity contribution in [3.8, 4) is 61.3 Å². The zero-order valence-electron chi connectivity index (χ0n) is 51.2. The van der Waals surface area contributed by atoms with E-state index in [4.69, 9.17) is 0 Å². The first kappa shape index (κ1) is 54.8. The van der Waals surface area contributed by atoms with Gasteiger partial charge in [-0.05, 0) is 163 Å². The molecule has 0 fully saturated rings. The lowest BCUT2D eigenvalue weighted by Crippen LogP contribution is -2.60. The Bertz CT molecular complexity index is 4380. The molecule has 11 aromatic carbocycles. The molecule has 1 N–H and O–H groups in total. The molecule has 86 heavy (non-hydrogen) atoms. The van der Waals surface area contributed by atoms with Gasteiger partial charge in [-0.1, -0.05) is 256 Å². The number of aromatic nitrogens is 1. The maximum Gasteiger partial charge on any atom is 0.252 e. The van der Waals surface area contributed by atoms with Crippen molar-refractivity contribution in [2.24, 2.45) is 0 Å². The van der Waals surface area contributed by atoms with Gasteiger partial charge in [0.05, 0.1) is 16.7 Å². The maximum absolute atomic E-state index is 4.50. The van der Waals surface area contributed by atoms with Crippen LogP contribution < -0.4 is 26.6 Å². The Balaban J connectivity index is 1.16. The Labute approximate surface area is 510 Å². The summed E-state index contributed by atoms with van der Waals surface area (Å²) < 4.78 is 2.48. The molecule has 2 aliphatic heterocycles. The Morgan fingerprint density at radius 1 is 0.419 bits per heavy atom. The summed E-state index contributed by atoms with van der Waals surface area (Å²) in [5, 5.41) is 7.02. The summed E-state index contributed by atoms with van der Waals surface area (Å²) in [6.45, 7) is 19.1. The Hall–Kier alpha value is -9.12. The van der Waals surface area contributed by atoms with E-state index in [-0.39, 0.29) is 17.5 Å². The molecule has 0 spiro atoms. The fourth-order valence-corrected chi connectivity index (χ4v) is 14.2. The van der Waals surface area contributed by atoms with Gasteiger partial charge in [0.15, 0.2) is 0 Å². The fourth-order valence-electron chi connectivity index (χ4n) is 14.2. The van der Waals surface area contributed by atoms with E-state index >= 15 is 0 Å². The number of benzene rings is 11. The minimum absolute atomic E-state index is 0.0212. The number of nitrogens with one attached hydrogen (secondary N) is 1. The second kappa shape index (κ2) is 22.1. The van der Waals surface area contributed by atoms with Crippen molar-refractivity contribution in [2.75, 3.05) is 10.2 Å². The third-order valence-electron chi connectivity index (χ3n) is 18.4. The van der Waals surface area contributed by atoms with E-state index in [1.54, 1.807) is 0 Å². The van der Waals surface area contributed by atoms with Gasteiger partial charge in [-0.25, -0.2) is 0 Å². The number of nitrogens with zero attached hydrogens (tertiary/aromatic N) is 2. The smallest absolute Gasteiger partial charge is 0.252 e. The molecular formula is C82H76BN3. The highest BCUT2D eigenvalue weighted by Crippen LogP contribution is 2.54. The zero-order valence-corrected chi connectivity index (χ0v) is 51.2. The van der Waals surface area contributed by atoms with Crippen molar-refractivity contribution in [3.63, 3.8) is 0 Å². The van der Waals surface area contributed by atoms with E-state index in [0.29, 0.717) is 0 Å². The predicted molar refractivity (Wildman–Crippen MR) is 372 cm³/mol. The topological polar surface area (TPSA) is 20.2 Å². The van der Waals surface area contributed by atoms with Crippen molar-refractivity contribution in [1.29, 1.82) is 0 Å². The van der Waals surface area contributed by atoms with Crippen LogP contribution >= 0.6 is 0 Å². The monoisotopic (exact) mass is 1110 g/mol. The van der Waals surface area contributed by atoms with Crippen molar-refractivity contribution in [2.45, 2.75) is 105 Å². The molecule has 0 amide bonds. The number of para-hydroxylation sites is 2. The summed E-state index contributed by atoms with van der Waals surface area (Å²) in [5.41, 5.74) is 31.0. The molecule has 1 aromatic heterocycles. The van der Waals surface area contributed by atoms with Crippen molar-refractivity contribution in [3.05, 3.63) is 259 Å². The van der Waals surface area contributed by atoms with Crippen LogP contribution in [0.3, 0.4) is 0 Å². The largest absolute Gasteiger partial charge is 0.356 e. The minimum Gasteiger partial charge on any atom is -0.356 e. The number of hydrogen-bond donors (Lipinski definition) is 1. The second-order valence-corrected chi connectivity index (χ2v) is 26.2. The quantitative estimate of drug-likeness (QED) is 0.116. The van der Waals surface area contributed by atoms with E-state index in [2.05, 4.69) is 307 Å². The fraction of sp³-hybridized carbons (Fsp3) is 0.195. The van der Waals surface area contributed by atoms with Crippen LogP contribution in [0.1, 0.15) is 103 Å². The van der Waals surface area contributed by atoms with Crippen LogP contribution in [0.5, 0.6) is 0 Å². The molecule has 3 heterocycles. The van der Waals surface area contributed by atoms with Gasteiger partial charge in [0.1, 0.15) is 0 Å². The van der Waals surface area contributed by atoms with Crippen molar-refractivity contribution >= 4 is 73.3 Å². The molecule has 0 atom stereocenters. The molecule has 4 heteroatoms. The number of hydrogen-bond acceptors (Lipinski definition) is 2. The lowest BCUT2D eigenvalue weighted by atomic mass is 9.33. The Morgan fingerprint density at radius 2 is 0.930 bits per heavy atom. The van der Waals surface area contributed by atoms with Gasteiger partial charge in [-0.15, -0.1) is 0 Å². The maximum atomic E-state index is 4.50. The summed E-state index contributed by atoms with van der Waals surface area (Å²) in [4.78, 5) is 2.70. The van der Waals surface area contributed by atoms with E-state index in [0.717, 1.165) is 49.9 Å². The van der Waals surface area contributed by atoms with Crippen LogP contribution in [0.15, 0.2) is 237 Å². The minimum atomic E-state index is -0.291. The van der Waals surface area contributed by atoms with Crippen molar-refractivity contribution in [1.82, 2.24) is 4.57 Å². The highest BCUT2D eigenvalue weighted by molar-refractivity contribution is 7.00. The summed E-state index contributed by atoms with van der Waals surface area (Å²) in [6, 6.07) is 89.6. The number of aryl methyl sites for hydroxylation is 2. The van der Waals surface area contributed by atoms with Gasteiger partial charge in [-0.2, -0.15) is 0 Å². The third-order valence-corrected chi connectivity index (χ3v) is 18.4. The van der Waals surface area contributed by atoms with Crippen LogP contribution in [0.4, 0.5) is 28.4 Å². The first-order valence-corrected chi connectivity index (χ1v) is 31.5. The molecule has 12 aromatic rings. The van der Waals surface area contributed by atoms with E-state index in [9.17, 15) is 0 Å². The Kier molecular flexibility index (Phi) is 14.1. The van der Waals surface area contributed by atoms with Crippen LogP contribution in [0.2, 0.25) is 0 Å². The van der Waals surface area contributed by atoms with Gasteiger partial charge in [0.2, 0.25) is 0 Å². The third kappa shape index (κ3) is 9.55. The second-order valence-electron chi connectivity index (χ2n) is 26.2. The van der Waals surface area contributed by atoms with Gasteiger partial charge in [0.25, 0.3) is 6.71 Å². The number of rotatable bonds is 13. The molecule has 3 nitrogen and oxygen atoms in total. The SMILES string of the molecule is CCCCc1cc(C(C)(C)C)cc(CCCC)c1-c1c(C(C)(C)C)cc2c3c1Nc1cc(-n4c5ccccc5c5ccccc54)ccc1B3c1cc(-c3ccccc3)ccc1N2c1c(-c2ccccc2)cc(-c2ccccc2)cc1-c1ccccc1. The predicted octanol–water partition coefficient (Wildman–Crippen LogP) is 20.8. The summed E-state index contributed by atoms with van der Waals surface area (Å²) >= 11 is 0. The zero-order chi connectivity index (χ0) is 58.8. The van der Waals surface area contributed by atoms with Gasteiger partial charge >= 0.3 is 0 Å². The van der Waals surface area contributed by atoms with Crippen LogP contribution in [-0.4, -0.2) is 11.3 Å². The molecule has 2 aliphatic rings. The molecule has 0 bridgehead atoms. The van der Waals surface area contributed by atoms with Crippen molar-refractivity contribution < 1.29 is 0 Å². The van der Waals surface area contributed by atoms with Crippen LogP contribution in [-0.2, 0) is 23.7 Å². The first-order chi connectivity index (χ1) is 41.9. The standard InChI is InChI=1S/C82H76BN3/c1-9-11-29-59-47-62(81(3,4)5)48-60(30-12-10-2)76(59)77-68(82(6,7)8)53-75-78-79(77)84-71-52-63(85-72-41-27-25-39-64(72)65-40-26-28-42-73(65)85)44-45-69(71)83(78)70-51-58(54-31-17-13-18-32-54)43-46-74(70)86(75)80-66(56-35-21-15-22-36-56)49-61(55-33-19-14-20-34-55)50-67(80)57-37-23-16-24-38-57/h13-28,31-53,84H,9-12,29-30H2,1-8H3. The van der Waals surface area contributed by atoms with E-state index < -0.39 is 0 Å². The highest BCUT2D eigenvalue weighted by Gasteiger charge is 2.45. The first-order valence-electron chi connectivity index (χ1n) is 31.5. The average molecular weight is 1110 g/mol. The lowest BCUT2D eigenvalue weighted by molar-refractivity contribution is 0.586. The van der Waals surface area contributed by atoms with Gasteiger partial charge < -0.3 is 14.8 Å². The van der Waals surface area contributed by atoms with Crippen LogP contribution in [0.25, 0.3) is 83.1 Å². The molecule has 0 aliphatic carbocycles. The normalized spacial score (nSPS) is 12.7. The summed E-state index contributed by atoms with van der Waals surface area (Å²) in [5.74, 6) is 0. The molecule has 0 unspecified atom stereocenters.